The number of benzene rings is 3. The van der Waals surface area contributed by atoms with Crippen LogP contribution in [0.15, 0.2) is 78.9 Å². The van der Waals surface area contributed by atoms with Gasteiger partial charge in [0.05, 0.1) is 6.61 Å². The van der Waals surface area contributed by atoms with Crippen LogP contribution >= 0.6 is 0 Å². The maximum atomic E-state index is 13.2. The predicted octanol–water partition coefficient (Wildman–Crippen LogP) is 6.11. The molecular weight excluding hydrogens is 323 g/mol. The first-order valence-corrected chi connectivity index (χ1v) is 9.32. The lowest BCUT2D eigenvalue weighted by atomic mass is 9.77. The van der Waals surface area contributed by atoms with Crippen molar-refractivity contribution in [3.8, 4) is 5.75 Å². The number of ether oxygens (including phenoxy) is 1. The molecule has 1 aliphatic heterocycles. The Morgan fingerprint density at radius 1 is 0.846 bits per heavy atom. The molecule has 26 heavy (non-hydrogen) atoms. The fraction of sp³-hybridized carbons (Fsp3) is 0.250. The molecule has 4 rings (SSSR count). The van der Waals surface area contributed by atoms with Gasteiger partial charge in [0.25, 0.3) is 0 Å². The summed E-state index contributed by atoms with van der Waals surface area (Å²) in [4.78, 5) is 0. The third-order valence-corrected chi connectivity index (χ3v) is 5.38. The van der Waals surface area contributed by atoms with Gasteiger partial charge in [-0.1, -0.05) is 60.7 Å². The molecule has 2 atom stereocenters. The van der Waals surface area contributed by atoms with Crippen LogP contribution in [0.2, 0.25) is 0 Å². The predicted molar refractivity (Wildman–Crippen MR) is 103 cm³/mol. The molecule has 0 amide bonds. The van der Waals surface area contributed by atoms with Crippen LogP contribution < -0.4 is 4.74 Å². The number of halogens is 1. The van der Waals surface area contributed by atoms with Crippen LogP contribution in [0.5, 0.6) is 5.75 Å². The Hall–Kier alpha value is -2.61. The summed E-state index contributed by atoms with van der Waals surface area (Å²) in [6.45, 7) is 0.740. The highest BCUT2D eigenvalue weighted by Gasteiger charge is 2.29. The standard InChI is InChI=1S/C24H23FO/c25-20-13-10-18(11-14-20)12-15-22-21(19-6-2-1-3-7-19)16-17-26-24-9-5-4-8-23(22)24/h1-11,13-14,21-22H,12,15-17H2/t21-,22-/m1/s1. The number of fused-ring (bicyclic) bond motifs is 1. The van der Waals surface area contributed by atoms with E-state index in [9.17, 15) is 4.39 Å². The summed E-state index contributed by atoms with van der Waals surface area (Å²) < 4.78 is 19.2. The molecule has 3 aromatic carbocycles. The molecule has 3 aromatic rings. The monoisotopic (exact) mass is 346 g/mol. The van der Waals surface area contributed by atoms with Crippen LogP contribution in [-0.2, 0) is 6.42 Å². The van der Waals surface area contributed by atoms with E-state index in [-0.39, 0.29) is 5.82 Å². The highest BCUT2D eigenvalue weighted by molar-refractivity contribution is 5.40. The van der Waals surface area contributed by atoms with Gasteiger partial charge in [0, 0.05) is 0 Å². The van der Waals surface area contributed by atoms with Crippen molar-refractivity contribution in [3.63, 3.8) is 0 Å². The fourth-order valence-corrected chi connectivity index (χ4v) is 4.06. The molecule has 1 aliphatic rings. The van der Waals surface area contributed by atoms with Crippen molar-refractivity contribution >= 4 is 0 Å². The Labute approximate surface area is 154 Å². The zero-order valence-electron chi connectivity index (χ0n) is 14.8. The van der Waals surface area contributed by atoms with Crippen molar-refractivity contribution in [1.82, 2.24) is 0 Å². The Bertz CT molecular complexity index is 842. The first kappa shape index (κ1) is 16.8. The van der Waals surface area contributed by atoms with Crippen LogP contribution in [0, 0.1) is 5.82 Å². The molecule has 0 N–H and O–H groups in total. The zero-order chi connectivity index (χ0) is 17.8. The summed E-state index contributed by atoms with van der Waals surface area (Å²) in [5.41, 5.74) is 3.85. The Morgan fingerprint density at radius 2 is 1.58 bits per heavy atom. The normalized spacial score (nSPS) is 19.3. The van der Waals surface area contributed by atoms with Crippen molar-refractivity contribution in [2.45, 2.75) is 31.1 Å². The van der Waals surface area contributed by atoms with E-state index in [4.69, 9.17) is 4.74 Å². The molecule has 0 aromatic heterocycles. The molecule has 0 saturated carbocycles. The maximum absolute atomic E-state index is 13.2. The van der Waals surface area contributed by atoms with Gasteiger partial charge in [-0.3, -0.25) is 0 Å². The quantitative estimate of drug-likeness (QED) is 0.554. The molecule has 1 heterocycles. The maximum Gasteiger partial charge on any atom is 0.123 e. The molecule has 132 valence electrons. The molecule has 0 radical (unpaired) electrons. The van der Waals surface area contributed by atoms with E-state index in [1.165, 1.54) is 16.7 Å². The number of para-hydroxylation sites is 1. The van der Waals surface area contributed by atoms with Crippen LogP contribution in [-0.4, -0.2) is 6.61 Å². The molecule has 0 bridgehead atoms. The Kier molecular flexibility index (Phi) is 5.01. The lowest BCUT2D eigenvalue weighted by Gasteiger charge is -2.26. The molecule has 1 nitrogen and oxygen atoms in total. The summed E-state index contributed by atoms with van der Waals surface area (Å²) >= 11 is 0. The molecule has 0 aliphatic carbocycles. The van der Waals surface area contributed by atoms with E-state index in [0.29, 0.717) is 11.8 Å². The van der Waals surface area contributed by atoms with Gasteiger partial charge < -0.3 is 4.74 Å². The van der Waals surface area contributed by atoms with E-state index >= 15 is 0 Å². The topological polar surface area (TPSA) is 9.23 Å². The highest BCUT2D eigenvalue weighted by atomic mass is 19.1. The van der Waals surface area contributed by atoms with Gasteiger partial charge in [-0.05, 0) is 66.0 Å². The van der Waals surface area contributed by atoms with Gasteiger partial charge in [-0.25, -0.2) is 4.39 Å². The summed E-state index contributed by atoms with van der Waals surface area (Å²) in [6.07, 6.45) is 2.96. The van der Waals surface area contributed by atoms with Crippen molar-refractivity contribution in [1.29, 1.82) is 0 Å². The first-order chi connectivity index (χ1) is 12.8. The molecule has 0 unspecified atom stereocenters. The Morgan fingerprint density at radius 3 is 2.38 bits per heavy atom. The van der Waals surface area contributed by atoms with E-state index in [1.54, 1.807) is 12.1 Å². The van der Waals surface area contributed by atoms with E-state index in [1.807, 2.05) is 18.2 Å². The van der Waals surface area contributed by atoms with Crippen LogP contribution in [0.3, 0.4) is 0 Å². The molecule has 0 spiro atoms. The second kappa shape index (κ2) is 7.74. The number of rotatable bonds is 4. The van der Waals surface area contributed by atoms with E-state index in [0.717, 1.165) is 31.6 Å². The lowest BCUT2D eigenvalue weighted by molar-refractivity contribution is 0.306. The van der Waals surface area contributed by atoms with E-state index < -0.39 is 0 Å². The van der Waals surface area contributed by atoms with Gasteiger partial charge in [0.15, 0.2) is 0 Å². The smallest absolute Gasteiger partial charge is 0.123 e. The van der Waals surface area contributed by atoms with Crippen LogP contribution in [0.4, 0.5) is 4.39 Å². The van der Waals surface area contributed by atoms with Crippen molar-refractivity contribution in [2.24, 2.45) is 0 Å². The minimum Gasteiger partial charge on any atom is -0.493 e. The minimum absolute atomic E-state index is 0.177. The average molecular weight is 346 g/mol. The Balaban J connectivity index is 1.65. The first-order valence-electron chi connectivity index (χ1n) is 9.32. The number of hydrogen-bond acceptors (Lipinski definition) is 1. The molecule has 0 fully saturated rings. The average Bonchev–Trinajstić information content (AvgIpc) is 2.88. The van der Waals surface area contributed by atoms with Crippen LogP contribution in [0.25, 0.3) is 0 Å². The summed E-state index contributed by atoms with van der Waals surface area (Å²) in [6, 6.07) is 26.1. The van der Waals surface area contributed by atoms with Crippen molar-refractivity contribution in [2.75, 3.05) is 6.61 Å². The van der Waals surface area contributed by atoms with Gasteiger partial charge in [0.1, 0.15) is 11.6 Å². The molecule has 0 saturated heterocycles. The summed E-state index contributed by atoms with van der Waals surface area (Å²) in [5.74, 6) is 1.65. The third-order valence-electron chi connectivity index (χ3n) is 5.38. The minimum atomic E-state index is -0.177. The van der Waals surface area contributed by atoms with Gasteiger partial charge in [0.2, 0.25) is 0 Å². The second-order valence-electron chi connectivity index (χ2n) is 6.96. The van der Waals surface area contributed by atoms with Crippen LogP contribution in [0.1, 0.15) is 41.4 Å². The fourth-order valence-electron chi connectivity index (χ4n) is 4.06. The molecule has 2 heteroatoms. The number of hydrogen-bond donors (Lipinski definition) is 0. The summed E-state index contributed by atoms with van der Waals surface area (Å²) in [5, 5.41) is 0. The van der Waals surface area contributed by atoms with Gasteiger partial charge in [-0.15, -0.1) is 0 Å². The summed E-state index contributed by atoms with van der Waals surface area (Å²) in [7, 11) is 0. The highest BCUT2D eigenvalue weighted by Crippen LogP contribution is 2.44. The largest absolute Gasteiger partial charge is 0.493 e. The molecular formula is C24H23FO. The van der Waals surface area contributed by atoms with Gasteiger partial charge >= 0.3 is 0 Å². The second-order valence-corrected chi connectivity index (χ2v) is 6.96. The number of aryl methyl sites for hydroxylation is 1. The van der Waals surface area contributed by atoms with E-state index in [2.05, 4.69) is 48.5 Å². The third kappa shape index (κ3) is 3.65. The van der Waals surface area contributed by atoms with Crippen molar-refractivity contribution < 1.29 is 9.13 Å². The zero-order valence-corrected chi connectivity index (χ0v) is 14.8. The SMILES string of the molecule is Fc1ccc(CC[C@H]2c3ccccc3OCC[C@@H]2c2ccccc2)cc1. The lowest BCUT2D eigenvalue weighted by Crippen LogP contribution is -2.12. The van der Waals surface area contributed by atoms with Crippen molar-refractivity contribution in [3.05, 3.63) is 101 Å². The van der Waals surface area contributed by atoms with Gasteiger partial charge in [-0.2, -0.15) is 0 Å².